The van der Waals surface area contributed by atoms with Crippen molar-refractivity contribution in [3.63, 3.8) is 0 Å². The van der Waals surface area contributed by atoms with Crippen molar-refractivity contribution in [3.05, 3.63) is 0 Å². The van der Waals surface area contributed by atoms with E-state index in [9.17, 15) is 0 Å². The SMILES string of the molecule is CCC1C(CO)[C@H](C)C[C@@H]1CO. The molecule has 0 aromatic carbocycles. The van der Waals surface area contributed by atoms with Gasteiger partial charge in [0.2, 0.25) is 0 Å². The number of rotatable bonds is 3. The van der Waals surface area contributed by atoms with Crippen LogP contribution in [0.4, 0.5) is 0 Å². The van der Waals surface area contributed by atoms with E-state index >= 15 is 0 Å². The standard InChI is InChI=1S/C10H20O2/c1-3-9-8(5-11)4-7(2)10(9)6-12/h7-12H,3-6H2,1-2H3/t7-,8-,9?,10?/m1/s1. The van der Waals surface area contributed by atoms with Crippen LogP contribution in [0, 0.1) is 23.7 Å². The molecule has 1 rings (SSSR count). The smallest absolute Gasteiger partial charge is 0.0464 e. The molecule has 72 valence electrons. The number of aliphatic hydroxyl groups is 2. The minimum absolute atomic E-state index is 0.288. The minimum Gasteiger partial charge on any atom is -0.396 e. The van der Waals surface area contributed by atoms with E-state index < -0.39 is 0 Å². The first-order valence-corrected chi connectivity index (χ1v) is 4.96. The number of aliphatic hydroxyl groups excluding tert-OH is 2. The highest BCUT2D eigenvalue weighted by Gasteiger charge is 2.38. The highest BCUT2D eigenvalue weighted by molar-refractivity contribution is 4.87. The Hall–Kier alpha value is -0.0800. The van der Waals surface area contributed by atoms with Crippen molar-refractivity contribution >= 4 is 0 Å². The summed E-state index contributed by atoms with van der Waals surface area (Å²) < 4.78 is 0. The highest BCUT2D eigenvalue weighted by atomic mass is 16.3. The lowest BCUT2D eigenvalue weighted by atomic mass is 9.86. The molecule has 0 spiro atoms. The van der Waals surface area contributed by atoms with E-state index in [1.807, 2.05) is 0 Å². The molecule has 12 heavy (non-hydrogen) atoms. The Morgan fingerprint density at radius 2 is 1.83 bits per heavy atom. The summed E-state index contributed by atoms with van der Waals surface area (Å²) in [7, 11) is 0. The molecule has 4 atom stereocenters. The largest absolute Gasteiger partial charge is 0.396 e. The van der Waals surface area contributed by atoms with Crippen LogP contribution in [0.3, 0.4) is 0 Å². The van der Waals surface area contributed by atoms with E-state index in [-0.39, 0.29) is 6.61 Å². The fraction of sp³-hybridized carbons (Fsp3) is 1.00. The summed E-state index contributed by atoms with van der Waals surface area (Å²) in [5.74, 6) is 1.97. The number of hydrogen-bond donors (Lipinski definition) is 2. The van der Waals surface area contributed by atoms with Gasteiger partial charge in [-0.1, -0.05) is 20.3 Å². The molecule has 0 aromatic heterocycles. The third-order valence-corrected chi connectivity index (χ3v) is 3.48. The van der Waals surface area contributed by atoms with Gasteiger partial charge in [0.15, 0.2) is 0 Å². The molecule has 0 saturated heterocycles. The summed E-state index contributed by atoms with van der Waals surface area (Å²) in [6, 6.07) is 0. The summed E-state index contributed by atoms with van der Waals surface area (Å²) in [5, 5.41) is 18.3. The van der Waals surface area contributed by atoms with Crippen LogP contribution in [0.25, 0.3) is 0 Å². The van der Waals surface area contributed by atoms with E-state index in [0.717, 1.165) is 12.8 Å². The molecule has 0 aromatic rings. The second-order valence-corrected chi connectivity index (χ2v) is 4.07. The van der Waals surface area contributed by atoms with Gasteiger partial charge in [-0.3, -0.25) is 0 Å². The molecular formula is C10H20O2. The van der Waals surface area contributed by atoms with E-state index in [0.29, 0.717) is 30.3 Å². The first-order valence-electron chi connectivity index (χ1n) is 4.96. The predicted octanol–water partition coefficient (Wildman–Crippen LogP) is 1.27. The molecule has 0 bridgehead atoms. The third-order valence-electron chi connectivity index (χ3n) is 3.48. The zero-order chi connectivity index (χ0) is 9.14. The van der Waals surface area contributed by atoms with Crippen LogP contribution in [0.15, 0.2) is 0 Å². The zero-order valence-electron chi connectivity index (χ0n) is 8.03. The summed E-state index contributed by atoms with van der Waals surface area (Å²) in [5.41, 5.74) is 0. The van der Waals surface area contributed by atoms with E-state index in [4.69, 9.17) is 10.2 Å². The molecule has 0 aliphatic heterocycles. The lowest BCUT2D eigenvalue weighted by molar-refractivity contribution is 0.132. The van der Waals surface area contributed by atoms with Crippen LogP contribution in [0.5, 0.6) is 0 Å². The molecule has 2 nitrogen and oxygen atoms in total. The van der Waals surface area contributed by atoms with E-state index in [1.165, 1.54) is 0 Å². The molecule has 2 heteroatoms. The molecule has 0 amide bonds. The Bertz CT molecular complexity index is 136. The fourth-order valence-corrected chi connectivity index (χ4v) is 2.76. The van der Waals surface area contributed by atoms with Gasteiger partial charge in [0.1, 0.15) is 0 Å². The molecule has 0 heterocycles. The molecule has 2 N–H and O–H groups in total. The molecule has 1 aliphatic carbocycles. The topological polar surface area (TPSA) is 40.5 Å². The Labute approximate surface area is 74.6 Å². The Balaban J connectivity index is 2.61. The van der Waals surface area contributed by atoms with Crippen molar-refractivity contribution in [2.45, 2.75) is 26.7 Å². The molecular weight excluding hydrogens is 152 g/mol. The second kappa shape index (κ2) is 4.24. The van der Waals surface area contributed by atoms with Gasteiger partial charge in [0, 0.05) is 13.2 Å². The molecule has 1 fully saturated rings. The molecule has 2 unspecified atom stereocenters. The zero-order valence-corrected chi connectivity index (χ0v) is 8.03. The van der Waals surface area contributed by atoms with Crippen LogP contribution >= 0.6 is 0 Å². The fourth-order valence-electron chi connectivity index (χ4n) is 2.76. The average molecular weight is 172 g/mol. The summed E-state index contributed by atoms with van der Waals surface area (Å²) in [4.78, 5) is 0. The molecule has 1 saturated carbocycles. The van der Waals surface area contributed by atoms with Gasteiger partial charge < -0.3 is 10.2 Å². The minimum atomic E-state index is 0.288. The van der Waals surface area contributed by atoms with Gasteiger partial charge in [-0.15, -0.1) is 0 Å². The maximum Gasteiger partial charge on any atom is 0.0464 e. The van der Waals surface area contributed by atoms with Crippen LogP contribution < -0.4 is 0 Å². The van der Waals surface area contributed by atoms with Gasteiger partial charge in [-0.25, -0.2) is 0 Å². The van der Waals surface area contributed by atoms with Gasteiger partial charge in [-0.05, 0) is 30.1 Å². The summed E-state index contributed by atoms with van der Waals surface area (Å²) >= 11 is 0. The van der Waals surface area contributed by atoms with E-state index in [1.54, 1.807) is 0 Å². The molecule has 0 radical (unpaired) electrons. The first-order chi connectivity index (χ1) is 5.74. The monoisotopic (exact) mass is 172 g/mol. The maximum atomic E-state index is 9.17. The van der Waals surface area contributed by atoms with Crippen molar-refractivity contribution in [2.24, 2.45) is 23.7 Å². The van der Waals surface area contributed by atoms with Crippen LogP contribution in [-0.4, -0.2) is 23.4 Å². The van der Waals surface area contributed by atoms with Crippen LogP contribution in [0.1, 0.15) is 26.7 Å². The van der Waals surface area contributed by atoms with Crippen molar-refractivity contribution < 1.29 is 10.2 Å². The lowest BCUT2D eigenvalue weighted by Gasteiger charge is -2.21. The Morgan fingerprint density at radius 3 is 2.25 bits per heavy atom. The van der Waals surface area contributed by atoms with Gasteiger partial charge in [-0.2, -0.15) is 0 Å². The highest BCUT2D eigenvalue weighted by Crippen LogP contribution is 2.42. The van der Waals surface area contributed by atoms with Crippen molar-refractivity contribution in [1.29, 1.82) is 0 Å². The quantitative estimate of drug-likeness (QED) is 0.673. The summed E-state index contributed by atoms with van der Waals surface area (Å²) in [6.45, 7) is 4.91. The number of hydrogen-bond acceptors (Lipinski definition) is 2. The normalized spacial score (nSPS) is 42.0. The van der Waals surface area contributed by atoms with Crippen LogP contribution in [0.2, 0.25) is 0 Å². The second-order valence-electron chi connectivity index (χ2n) is 4.07. The van der Waals surface area contributed by atoms with Crippen molar-refractivity contribution in [3.8, 4) is 0 Å². The maximum absolute atomic E-state index is 9.17. The average Bonchev–Trinajstić information content (AvgIpc) is 2.40. The first kappa shape index (κ1) is 10.0. The Morgan fingerprint density at radius 1 is 1.17 bits per heavy atom. The van der Waals surface area contributed by atoms with Crippen LogP contribution in [-0.2, 0) is 0 Å². The van der Waals surface area contributed by atoms with E-state index in [2.05, 4.69) is 13.8 Å². The molecule has 1 aliphatic rings. The summed E-state index contributed by atoms with van der Waals surface area (Å²) in [6.07, 6.45) is 2.17. The Kier molecular flexibility index (Phi) is 3.53. The van der Waals surface area contributed by atoms with Gasteiger partial charge >= 0.3 is 0 Å². The lowest BCUT2D eigenvalue weighted by Crippen LogP contribution is -2.21. The van der Waals surface area contributed by atoms with Gasteiger partial charge in [0.05, 0.1) is 0 Å². The van der Waals surface area contributed by atoms with Crippen molar-refractivity contribution in [1.82, 2.24) is 0 Å². The van der Waals surface area contributed by atoms with Gasteiger partial charge in [0.25, 0.3) is 0 Å². The predicted molar refractivity (Wildman–Crippen MR) is 48.7 cm³/mol. The van der Waals surface area contributed by atoms with Crippen molar-refractivity contribution in [2.75, 3.05) is 13.2 Å². The third kappa shape index (κ3) is 1.64.